The second kappa shape index (κ2) is 9.12. The predicted octanol–water partition coefficient (Wildman–Crippen LogP) is 2.43. The first-order valence-electron chi connectivity index (χ1n) is 8.11. The maximum Gasteiger partial charge on any atom is 0.321 e. The Balaban J connectivity index is 1.94. The molecule has 7 heteroatoms. The van der Waals surface area contributed by atoms with Crippen LogP contribution in [-0.4, -0.2) is 55.4 Å². The smallest absolute Gasteiger partial charge is 0.321 e. The fraction of sp³-hybridized carbons (Fsp3) is 0.529. The first-order chi connectivity index (χ1) is 11.6. The fourth-order valence-corrected chi connectivity index (χ4v) is 2.64. The van der Waals surface area contributed by atoms with E-state index in [1.807, 2.05) is 12.1 Å². The molecule has 1 fully saturated rings. The Labute approximate surface area is 141 Å². The van der Waals surface area contributed by atoms with Gasteiger partial charge in [0.25, 0.3) is 0 Å². The van der Waals surface area contributed by atoms with Crippen molar-refractivity contribution in [3.8, 4) is 5.75 Å². The van der Waals surface area contributed by atoms with Crippen molar-refractivity contribution < 1.29 is 24.2 Å². The molecule has 7 nitrogen and oxygen atoms in total. The van der Waals surface area contributed by atoms with Gasteiger partial charge in [0, 0.05) is 33.2 Å². The lowest BCUT2D eigenvalue weighted by molar-refractivity contribution is -0.143. The van der Waals surface area contributed by atoms with E-state index in [4.69, 9.17) is 14.6 Å². The highest BCUT2D eigenvalue weighted by molar-refractivity contribution is 5.91. The van der Waals surface area contributed by atoms with Crippen LogP contribution in [-0.2, 0) is 9.53 Å². The van der Waals surface area contributed by atoms with Gasteiger partial charge in [0.05, 0.1) is 18.2 Å². The minimum atomic E-state index is -0.852. The molecule has 1 heterocycles. The summed E-state index contributed by atoms with van der Waals surface area (Å²) in [6, 6.07) is 6.91. The van der Waals surface area contributed by atoms with E-state index in [0.29, 0.717) is 44.0 Å². The summed E-state index contributed by atoms with van der Waals surface area (Å²) < 4.78 is 10.7. The summed E-state index contributed by atoms with van der Waals surface area (Å²) in [5.74, 6) is -0.756. The van der Waals surface area contributed by atoms with Gasteiger partial charge in [-0.1, -0.05) is 12.1 Å². The number of carboxylic acids is 1. The van der Waals surface area contributed by atoms with Crippen LogP contribution in [0.2, 0.25) is 0 Å². The third-order valence-electron chi connectivity index (χ3n) is 3.94. The van der Waals surface area contributed by atoms with Crippen LogP contribution in [0.25, 0.3) is 0 Å². The minimum absolute atomic E-state index is 0.234. The standard InChI is InChI=1S/C17H24N2O5/c1-23-10-5-11-24-15-8-3-2-7-14(15)18-17(22)19-9-4-6-13(12-19)16(20)21/h2-3,7-8,13H,4-6,9-12H2,1H3,(H,18,22)(H,20,21). The number of carboxylic acid groups (broad SMARTS) is 1. The van der Waals surface area contributed by atoms with Gasteiger partial charge < -0.3 is 24.8 Å². The molecule has 2 N–H and O–H groups in total. The number of aliphatic carboxylic acids is 1. The van der Waals surface area contributed by atoms with E-state index in [-0.39, 0.29) is 12.6 Å². The number of nitrogens with one attached hydrogen (secondary N) is 1. The van der Waals surface area contributed by atoms with E-state index in [0.717, 1.165) is 6.42 Å². The Hall–Kier alpha value is -2.28. The summed E-state index contributed by atoms with van der Waals surface area (Å²) in [6.45, 7) is 1.90. The molecule has 1 aromatic carbocycles. The van der Waals surface area contributed by atoms with Gasteiger partial charge in [-0.15, -0.1) is 0 Å². The van der Waals surface area contributed by atoms with Crippen molar-refractivity contribution in [3.63, 3.8) is 0 Å². The number of carbonyl (C=O) groups is 2. The average molecular weight is 336 g/mol. The number of likely N-dealkylation sites (tertiary alicyclic amines) is 1. The number of para-hydroxylation sites is 2. The van der Waals surface area contributed by atoms with Crippen LogP contribution in [0.1, 0.15) is 19.3 Å². The van der Waals surface area contributed by atoms with Gasteiger partial charge >= 0.3 is 12.0 Å². The molecule has 2 amide bonds. The maximum absolute atomic E-state index is 12.4. The molecular formula is C17H24N2O5. The van der Waals surface area contributed by atoms with Crippen molar-refractivity contribution in [3.05, 3.63) is 24.3 Å². The zero-order valence-electron chi connectivity index (χ0n) is 13.9. The lowest BCUT2D eigenvalue weighted by Gasteiger charge is -2.30. The number of benzene rings is 1. The molecule has 1 saturated heterocycles. The lowest BCUT2D eigenvalue weighted by atomic mass is 9.99. The zero-order valence-corrected chi connectivity index (χ0v) is 13.9. The molecule has 1 unspecified atom stereocenters. The SMILES string of the molecule is COCCCOc1ccccc1NC(=O)N1CCCC(C(=O)O)C1. The molecule has 0 saturated carbocycles. The number of methoxy groups -OCH3 is 1. The van der Waals surface area contributed by atoms with Crippen LogP contribution < -0.4 is 10.1 Å². The van der Waals surface area contributed by atoms with Gasteiger partial charge in [0.1, 0.15) is 5.75 Å². The maximum atomic E-state index is 12.4. The van der Waals surface area contributed by atoms with Crippen LogP contribution in [0.5, 0.6) is 5.75 Å². The Morgan fingerprint density at radius 1 is 1.33 bits per heavy atom. The molecule has 24 heavy (non-hydrogen) atoms. The van der Waals surface area contributed by atoms with Crippen LogP contribution in [0.4, 0.5) is 10.5 Å². The van der Waals surface area contributed by atoms with Crippen molar-refractivity contribution in [1.82, 2.24) is 4.90 Å². The number of hydrogen-bond donors (Lipinski definition) is 2. The number of anilines is 1. The number of urea groups is 1. The first-order valence-corrected chi connectivity index (χ1v) is 8.11. The molecule has 0 spiro atoms. The Bertz CT molecular complexity index is 564. The second-order valence-electron chi connectivity index (χ2n) is 5.74. The molecule has 0 aliphatic carbocycles. The van der Waals surface area contributed by atoms with Gasteiger partial charge in [-0.2, -0.15) is 0 Å². The normalized spacial score (nSPS) is 17.4. The molecular weight excluding hydrogens is 312 g/mol. The number of piperidine rings is 1. The number of hydrogen-bond acceptors (Lipinski definition) is 4. The predicted molar refractivity (Wildman–Crippen MR) is 89.4 cm³/mol. The lowest BCUT2D eigenvalue weighted by Crippen LogP contribution is -2.44. The molecule has 1 aliphatic heterocycles. The van der Waals surface area contributed by atoms with Crippen LogP contribution in [0.3, 0.4) is 0 Å². The van der Waals surface area contributed by atoms with Crippen LogP contribution in [0.15, 0.2) is 24.3 Å². The highest BCUT2D eigenvalue weighted by Crippen LogP contribution is 2.25. The first kappa shape index (κ1) is 18.1. The molecule has 1 aromatic rings. The van der Waals surface area contributed by atoms with E-state index in [2.05, 4.69) is 5.32 Å². The van der Waals surface area contributed by atoms with E-state index >= 15 is 0 Å². The monoisotopic (exact) mass is 336 g/mol. The summed E-state index contributed by atoms with van der Waals surface area (Å²) in [5.41, 5.74) is 0.581. The molecule has 2 rings (SSSR count). The number of rotatable bonds is 7. The zero-order chi connectivity index (χ0) is 17.4. The van der Waals surface area contributed by atoms with Gasteiger partial charge in [0.15, 0.2) is 0 Å². The van der Waals surface area contributed by atoms with Gasteiger partial charge in [-0.3, -0.25) is 4.79 Å². The van der Waals surface area contributed by atoms with Crippen molar-refractivity contribution >= 4 is 17.7 Å². The third-order valence-corrected chi connectivity index (χ3v) is 3.94. The van der Waals surface area contributed by atoms with Crippen LogP contribution in [0, 0.1) is 5.92 Å². The Morgan fingerprint density at radius 2 is 2.12 bits per heavy atom. The molecule has 1 aliphatic rings. The summed E-state index contributed by atoms with van der Waals surface area (Å²) in [4.78, 5) is 25.1. The molecule has 1 atom stereocenters. The van der Waals surface area contributed by atoms with Gasteiger partial charge in [-0.25, -0.2) is 4.79 Å². The van der Waals surface area contributed by atoms with Crippen molar-refractivity contribution in [2.45, 2.75) is 19.3 Å². The van der Waals surface area contributed by atoms with Crippen molar-refractivity contribution in [1.29, 1.82) is 0 Å². The summed E-state index contributed by atoms with van der Waals surface area (Å²) in [5, 5.41) is 11.9. The molecule has 0 bridgehead atoms. The van der Waals surface area contributed by atoms with Gasteiger partial charge in [0.2, 0.25) is 0 Å². The van der Waals surface area contributed by atoms with E-state index in [9.17, 15) is 9.59 Å². The third kappa shape index (κ3) is 5.13. The number of amides is 2. The Kier molecular flexibility index (Phi) is 6.87. The Morgan fingerprint density at radius 3 is 2.88 bits per heavy atom. The van der Waals surface area contributed by atoms with E-state index in [1.54, 1.807) is 24.1 Å². The van der Waals surface area contributed by atoms with Crippen LogP contribution >= 0.6 is 0 Å². The number of nitrogens with zero attached hydrogens (tertiary/aromatic N) is 1. The molecule has 132 valence electrons. The van der Waals surface area contributed by atoms with E-state index in [1.165, 1.54) is 0 Å². The highest BCUT2D eigenvalue weighted by Gasteiger charge is 2.28. The van der Waals surface area contributed by atoms with Crippen molar-refractivity contribution in [2.75, 3.05) is 38.7 Å². The number of carbonyl (C=O) groups excluding carboxylic acids is 1. The summed E-state index contributed by atoms with van der Waals surface area (Å²) in [6.07, 6.45) is 2.06. The summed E-state index contributed by atoms with van der Waals surface area (Å²) in [7, 11) is 1.64. The largest absolute Gasteiger partial charge is 0.491 e. The van der Waals surface area contributed by atoms with Crippen molar-refractivity contribution in [2.24, 2.45) is 5.92 Å². The topological polar surface area (TPSA) is 88.1 Å². The molecule has 0 aromatic heterocycles. The fourth-order valence-electron chi connectivity index (χ4n) is 2.64. The average Bonchev–Trinajstić information content (AvgIpc) is 2.60. The minimum Gasteiger partial charge on any atom is -0.491 e. The summed E-state index contributed by atoms with van der Waals surface area (Å²) >= 11 is 0. The highest BCUT2D eigenvalue weighted by atomic mass is 16.5. The number of ether oxygens (including phenoxy) is 2. The van der Waals surface area contributed by atoms with Gasteiger partial charge in [-0.05, 0) is 25.0 Å². The second-order valence-corrected chi connectivity index (χ2v) is 5.74. The molecule has 0 radical (unpaired) electrons. The van der Waals surface area contributed by atoms with E-state index < -0.39 is 11.9 Å². The quantitative estimate of drug-likeness (QED) is 0.747.